The highest BCUT2D eigenvalue weighted by Crippen LogP contribution is 2.48. The zero-order chi connectivity index (χ0) is 15.5. The number of carboxylic acids is 1. The normalized spacial score (nSPS) is 17.0. The lowest BCUT2D eigenvalue weighted by molar-refractivity contribution is -0.140. The highest BCUT2D eigenvalue weighted by Gasteiger charge is 2.51. The number of aliphatic carboxylic acids is 1. The molecule has 1 amide bonds. The van der Waals surface area contributed by atoms with E-state index in [0.717, 1.165) is 5.56 Å². The summed E-state index contributed by atoms with van der Waals surface area (Å²) in [5, 5.41) is 11.9. The van der Waals surface area contributed by atoms with Gasteiger partial charge in [0.1, 0.15) is 0 Å². The van der Waals surface area contributed by atoms with Crippen molar-refractivity contribution in [1.82, 2.24) is 0 Å². The van der Waals surface area contributed by atoms with Gasteiger partial charge in [-0.15, -0.1) is 0 Å². The summed E-state index contributed by atoms with van der Waals surface area (Å²) in [6, 6.07) is 6.28. The van der Waals surface area contributed by atoms with Crippen molar-refractivity contribution in [1.29, 1.82) is 0 Å². The van der Waals surface area contributed by atoms with Crippen LogP contribution in [0, 0.1) is 0 Å². The van der Waals surface area contributed by atoms with Gasteiger partial charge in [-0.1, -0.05) is 12.1 Å². The fraction of sp³-hybridized carbons (Fsp3) is 0.467. The fourth-order valence-corrected chi connectivity index (χ4v) is 2.23. The Labute approximate surface area is 123 Å². The van der Waals surface area contributed by atoms with Gasteiger partial charge in [-0.2, -0.15) is 0 Å². The Morgan fingerprint density at radius 2 is 2.00 bits per heavy atom. The number of methoxy groups -OCH3 is 1. The molecule has 0 aromatic heterocycles. The highest BCUT2D eigenvalue weighted by atomic mass is 16.5. The molecule has 0 bridgehead atoms. The van der Waals surface area contributed by atoms with Crippen molar-refractivity contribution in [3.05, 3.63) is 29.8 Å². The minimum absolute atomic E-state index is 0.279. The molecule has 0 heterocycles. The molecule has 1 atom stereocenters. The van der Waals surface area contributed by atoms with E-state index in [1.165, 1.54) is 0 Å². The van der Waals surface area contributed by atoms with Gasteiger partial charge in [-0.3, -0.25) is 9.59 Å². The molecular weight excluding hydrogens is 272 g/mol. The summed E-state index contributed by atoms with van der Waals surface area (Å²) in [6.07, 6.45) is 1.77. The topological polar surface area (TPSA) is 102 Å². The van der Waals surface area contributed by atoms with E-state index in [2.05, 4.69) is 5.32 Å². The highest BCUT2D eigenvalue weighted by molar-refractivity contribution is 5.94. The van der Waals surface area contributed by atoms with Gasteiger partial charge in [0.2, 0.25) is 5.91 Å². The molecule has 1 aliphatic carbocycles. The van der Waals surface area contributed by atoms with Crippen LogP contribution in [0.15, 0.2) is 24.3 Å². The van der Waals surface area contributed by atoms with Crippen LogP contribution in [0.1, 0.15) is 24.8 Å². The van der Waals surface area contributed by atoms with Crippen molar-refractivity contribution in [2.75, 3.05) is 19.0 Å². The lowest BCUT2D eigenvalue weighted by Crippen LogP contribution is -2.36. The molecule has 0 spiro atoms. The van der Waals surface area contributed by atoms with Crippen molar-refractivity contribution < 1.29 is 19.4 Å². The van der Waals surface area contributed by atoms with Crippen LogP contribution in [0.4, 0.5) is 5.69 Å². The number of carboxylic acid groups (broad SMARTS) is 1. The first-order valence-corrected chi connectivity index (χ1v) is 6.89. The van der Waals surface area contributed by atoms with Gasteiger partial charge < -0.3 is 20.9 Å². The number of carbonyl (C=O) groups excluding carboxylic acids is 1. The lowest BCUT2D eigenvalue weighted by atomic mass is 9.96. The molecule has 2 rings (SSSR count). The van der Waals surface area contributed by atoms with Crippen molar-refractivity contribution in [3.8, 4) is 0 Å². The Balaban J connectivity index is 1.97. The molecule has 1 saturated carbocycles. The van der Waals surface area contributed by atoms with Crippen LogP contribution in [0.2, 0.25) is 0 Å². The molecule has 1 aromatic carbocycles. The molecule has 1 fully saturated rings. The van der Waals surface area contributed by atoms with Gasteiger partial charge in [-0.25, -0.2) is 0 Å². The van der Waals surface area contributed by atoms with Crippen LogP contribution >= 0.6 is 0 Å². The van der Waals surface area contributed by atoms with Gasteiger partial charge >= 0.3 is 5.97 Å². The SMILES string of the molecule is COCCC(N)C(=O)Nc1ccc(C2(C(=O)O)CC2)cc1. The number of anilines is 1. The van der Waals surface area contributed by atoms with Crippen LogP contribution < -0.4 is 11.1 Å². The molecule has 21 heavy (non-hydrogen) atoms. The molecule has 114 valence electrons. The molecule has 6 nitrogen and oxygen atoms in total. The predicted octanol–water partition coefficient (Wildman–Crippen LogP) is 1.11. The molecule has 6 heteroatoms. The van der Waals surface area contributed by atoms with Crippen LogP contribution in [0.5, 0.6) is 0 Å². The first-order valence-electron chi connectivity index (χ1n) is 6.89. The van der Waals surface area contributed by atoms with Gasteiger partial charge in [-0.05, 0) is 37.0 Å². The first-order chi connectivity index (χ1) is 9.99. The smallest absolute Gasteiger partial charge is 0.314 e. The number of hydrogen-bond acceptors (Lipinski definition) is 4. The third-order valence-electron chi connectivity index (χ3n) is 3.83. The molecule has 4 N–H and O–H groups in total. The minimum atomic E-state index is -0.791. The van der Waals surface area contributed by atoms with Crippen LogP contribution in [-0.4, -0.2) is 36.7 Å². The van der Waals surface area contributed by atoms with E-state index < -0.39 is 17.4 Å². The van der Waals surface area contributed by atoms with Gasteiger partial charge in [0.25, 0.3) is 0 Å². The van der Waals surface area contributed by atoms with Gasteiger partial charge in [0.05, 0.1) is 11.5 Å². The first kappa shape index (κ1) is 15.5. The van der Waals surface area contributed by atoms with E-state index in [9.17, 15) is 14.7 Å². The number of amides is 1. The van der Waals surface area contributed by atoms with Gasteiger partial charge in [0.15, 0.2) is 0 Å². The summed E-state index contributed by atoms with van der Waals surface area (Å²) < 4.78 is 4.88. The minimum Gasteiger partial charge on any atom is -0.481 e. The zero-order valence-electron chi connectivity index (χ0n) is 12.0. The van der Waals surface area contributed by atoms with Crippen molar-refractivity contribution in [2.24, 2.45) is 5.73 Å². The Morgan fingerprint density at radius 1 is 1.38 bits per heavy atom. The molecule has 0 aliphatic heterocycles. The maximum Gasteiger partial charge on any atom is 0.314 e. The van der Waals surface area contributed by atoms with E-state index in [1.54, 1.807) is 31.4 Å². The molecule has 0 saturated heterocycles. The van der Waals surface area contributed by atoms with E-state index in [1.807, 2.05) is 0 Å². The summed E-state index contributed by atoms with van der Waals surface area (Å²) in [6.45, 7) is 0.425. The quantitative estimate of drug-likeness (QED) is 0.698. The van der Waals surface area contributed by atoms with Crippen molar-refractivity contribution in [2.45, 2.75) is 30.7 Å². The summed E-state index contributed by atoms with van der Waals surface area (Å²) >= 11 is 0. The summed E-state index contributed by atoms with van der Waals surface area (Å²) in [7, 11) is 1.56. The second-order valence-electron chi connectivity index (χ2n) is 5.34. The summed E-state index contributed by atoms with van der Waals surface area (Å²) in [4.78, 5) is 23.1. The standard InChI is InChI=1S/C15H20N2O4/c1-21-9-6-12(16)13(18)17-11-4-2-10(3-5-11)15(7-8-15)14(19)20/h2-5,12H,6-9,16H2,1H3,(H,17,18)(H,19,20). The number of benzene rings is 1. The number of nitrogens with one attached hydrogen (secondary N) is 1. The van der Waals surface area contributed by atoms with Crippen LogP contribution in [0.25, 0.3) is 0 Å². The average Bonchev–Trinajstić information content (AvgIpc) is 3.27. The molecule has 1 unspecified atom stereocenters. The molecule has 1 aliphatic rings. The Bertz CT molecular complexity index is 523. The third-order valence-corrected chi connectivity index (χ3v) is 3.83. The van der Waals surface area contributed by atoms with E-state index >= 15 is 0 Å². The van der Waals surface area contributed by atoms with Gasteiger partial charge in [0, 0.05) is 19.4 Å². The zero-order valence-corrected chi connectivity index (χ0v) is 12.0. The Hall–Kier alpha value is -1.92. The molecule has 0 radical (unpaired) electrons. The second-order valence-corrected chi connectivity index (χ2v) is 5.34. The van der Waals surface area contributed by atoms with Crippen LogP contribution in [0.3, 0.4) is 0 Å². The lowest BCUT2D eigenvalue weighted by Gasteiger charge is -2.13. The van der Waals surface area contributed by atoms with E-state index in [4.69, 9.17) is 10.5 Å². The Morgan fingerprint density at radius 3 is 2.48 bits per heavy atom. The number of carbonyl (C=O) groups is 2. The molecule has 1 aromatic rings. The largest absolute Gasteiger partial charge is 0.481 e. The second kappa shape index (κ2) is 6.24. The number of rotatable bonds is 7. The van der Waals surface area contributed by atoms with Crippen molar-refractivity contribution in [3.63, 3.8) is 0 Å². The number of nitrogens with two attached hydrogens (primary N) is 1. The fourth-order valence-electron chi connectivity index (χ4n) is 2.23. The van der Waals surface area contributed by atoms with E-state index in [-0.39, 0.29) is 5.91 Å². The summed E-state index contributed by atoms with van der Waals surface area (Å²) in [5.41, 5.74) is 6.39. The Kier molecular flexibility index (Phi) is 4.59. The third kappa shape index (κ3) is 3.40. The average molecular weight is 292 g/mol. The van der Waals surface area contributed by atoms with E-state index in [0.29, 0.717) is 31.6 Å². The van der Waals surface area contributed by atoms with Crippen molar-refractivity contribution >= 4 is 17.6 Å². The molecular formula is C15H20N2O4. The van der Waals surface area contributed by atoms with Crippen LogP contribution in [-0.2, 0) is 19.7 Å². The maximum atomic E-state index is 11.8. The predicted molar refractivity (Wildman–Crippen MR) is 78.1 cm³/mol. The summed E-state index contributed by atoms with van der Waals surface area (Å²) in [5.74, 6) is -1.07. The number of hydrogen-bond donors (Lipinski definition) is 3. The number of ether oxygens (including phenoxy) is 1. The maximum absolute atomic E-state index is 11.8. The monoisotopic (exact) mass is 292 g/mol.